The monoisotopic (exact) mass is 217 g/mol. The zero-order chi connectivity index (χ0) is 8.72. The number of aryl methyl sites for hydroxylation is 1. The third kappa shape index (κ3) is 1.20. The maximum absolute atomic E-state index is 5.95. The Balaban J connectivity index is 2.88. The predicted molar refractivity (Wildman–Crippen MR) is 54.4 cm³/mol. The Bertz CT molecular complexity index is 436. The van der Waals surface area contributed by atoms with Crippen LogP contribution in [0.1, 0.15) is 5.56 Å². The molecule has 0 atom stereocenters. The van der Waals surface area contributed by atoms with Gasteiger partial charge in [0.25, 0.3) is 0 Å². The number of fused-ring (bicyclic) bond motifs is 1. The summed E-state index contributed by atoms with van der Waals surface area (Å²) in [5.74, 6) is 0. The molecule has 0 N–H and O–H groups in total. The highest BCUT2D eigenvalue weighted by Crippen LogP contribution is 2.37. The van der Waals surface area contributed by atoms with Gasteiger partial charge in [0.1, 0.15) is 9.17 Å². The molecule has 0 fully saturated rings. The number of thiophene rings is 1. The van der Waals surface area contributed by atoms with Crippen LogP contribution in [0.5, 0.6) is 0 Å². The Morgan fingerprint density at radius 1 is 1.42 bits per heavy atom. The van der Waals surface area contributed by atoms with Crippen molar-refractivity contribution in [1.29, 1.82) is 0 Å². The summed E-state index contributed by atoms with van der Waals surface area (Å²) in [4.78, 5) is 5.11. The van der Waals surface area contributed by atoms with Gasteiger partial charge in [-0.3, -0.25) is 0 Å². The van der Waals surface area contributed by atoms with Gasteiger partial charge in [-0.05, 0) is 18.6 Å². The summed E-state index contributed by atoms with van der Waals surface area (Å²) in [6.07, 6.45) is 1.81. The second-order valence-corrected chi connectivity index (χ2v) is 4.53. The molecule has 4 heteroatoms. The molecule has 0 aliphatic carbocycles. The number of pyridine rings is 1. The van der Waals surface area contributed by atoms with Crippen molar-refractivity contribution in [3.8, 4) is 0 Å². The van der Waals surface area contributed by atoms with Gasteiger partial charge in [-0.1, -0.05) is 23.2 Å². The van der Waals surface area contributed by atoms with Crippen LogP contribution in [0.2, 0.25) is 9.36 Å². The lowest BCUT2D eigenvalue weighted by atomic mass is 10.2. The van der Waals surface area contributed by atoms with Crippen LogP contribution in [-0.4, -0.2) is 4.98 Å². The zero-order valence-electron chi connectivity index (χ0n) is 6.27. The maximum atomic E-state index is 5.95. The van der Waals surface area contributed by atoms with Gasteiger partial charge in [-0.2, -0.15) is 0 Å². The fourth-order valence-corrected chi connectivity index (χ4v) is 2.41. The Morgan fingerprint density at radius 2 is 2.17 bits per heavy atom. The van der Waals surface area contributed by atoms with E-state index in [0.29, 0.717) is 9.36 Å². The number of rotatable bonds is 0. The van der Waals surface area contributed by atoms with Gasteiger partial charge < -0.3 is 0 Å². The number of nitrogens with zero attached hydrogens (tertiary/aromatic N) is 1. The van der Waals surface area contributed by atoms with Gasteiger partial charge in [0.05, 0.1) is 5.02 Å². The van der Waals surface area contributed by atoms with Crippen LogP contribution >= 0.6 is 34.5 Å². The van der Waals surface area contributed by atoms with Crippen LogP contribution < -0.4 is 0 Å². The molecule has 2 aromatic heterocycles. The molecule has 0 aromatic carbocycles. The minimum atomic E-state index is 0.616. The number of halogens is 2. The van der Waals surface area contributed by atoms with E-state index in [1.807, 2.05) is 19.2 Å². The molecule has 0 aliphatic rings. The fourth-order valence-electron chi connectivity index (χ4n) is 1.03. The van der Waals surface area contributed by atoms with Crippen LogP contribution in [-0.2, 0) is 0 Å². The van der Waals surface area contributed by atoms with Gasteiger partial charge in [0, 0.05) is 11.6 Å². The highest BCUT2D eigenvalue weighted by molar-refractivity contribution is 7.23. The smallest absolute Gasteiger partial charge is 0.126 e. The predicted octanol–water partition coefficient (Wildman–Crippen LogP) is 3.91. The molecule has 0 amide bonds. The molecule has 0 aliphatic heterocycles. The molecular weight excluding hydrogens is 213 g/mol. The Hall–Kier alpha value is -0.310. The van der Waals surface area contributed by atoms with Crippen molar-refractivity contribution in [3.05, 3.63) is 27.2 Å². The summed E-state index contributed by atoms with van der Waals surface area (Å²) >= 11 is 13.2. The molecule has 2 aromatic rings. The van der Waals surface area contributed by atoms with E-state index in [1.54, 1.807) is 0 Å². The van der Waals surface area contributed by atoms with Gasteiger partial charge in [0.15, 0.2) is 0 Å². The maximum Gasteiger partial charge on any atom is 0.126 e. The SMILES string of the molecule is Cc1cnc2sc(Cl)c(Cl)c2c1. The fraction of sp³-hybridized carbons (Fsp3) is 0.125. The van der Waals surface area contributed by atoms with Crippen LogP contribution in [0, 0.1) is 6.92 Å². The van der Waals surface area contributed by atoms with Crippen molar-refractivity contribution in [3.63, 3.8) is 0 Å². The highest BCUT2D eigenvalue weighted by atomic mass is 35.5. The number of hydrogen-bond donors (Lipinski definition) is 0. The first-order chi connectivity index (χ1) is 5.68. The average molecular weight is 218 g/mol. The molecule has 0 spiro atoms. The van der Waals surface area contributed by atoms with Gasteiger partial charge in [0.2, 0.25) is 0 Å². The van der Waals surface area contributed by atoms with Crippen LogP contribution in [0.15, 0.2) is 12.3 Å². The Kier molecular flexibility index (Phi) is 1.99. The van der Waals surface area contributed by atoms with E-state index in [2.05, 4.69) is 4.98 Å². The molecule has 1 nitrogen and oxygen atoms in total. The Labute approximate surface area is 83.9 Å². The first-order valence-electron chi connectivity index (χ1n) is 3.38. The van der Waals surface area contributed by atoms with Crippen molar-refractivity contribution in [2.24, 2.45) is 0 Å². The van der Waals surface area contributed by atoms with E-state index in [0.717, 1.165) is 15.8 Å². The summed E-state index contributed by atoms with van der Waals surface area (Å²) in [6.45, 7) is 1.98. The van der Waals surface area contributed by atoms with E-state index in [4.69, 9.17) is 23.2 Å². The standard InChI is InChI=1S/C8H5Cl2NS/c1-4-2-5-6(9)7(10)12-8(5)11-3-4/h2-3H,1H3. The molecule has 2 rings (SSSR count). The second kappa shape index (κ2) is 2.87. The van der Waals surface area contributed by atoms with E-state index in [1.165, 1.54) is 11.3 Å². The summed E-state index contributed by atoms with van der Waals surface area (Å²) in [5.41, 5.74) is 1.10. The van der Waals surface area contributed by atoms with Gasteiger partial charge >= 0.3 is 0 Å². The normalized spacial score (nSPS) is 10.9. The third-order valence-electron chi connectivity index (χ3n) is 1.58. The lowest BCUT2D eigenvalue weighted by Gasteiger charge is -1.91. The minimum absolute atomic E-state index is 0.616. The van der Waals surface area contributed by atoms with Crippen molar-refractivity contribution >= 4 is 44.8 Å². The van der Waals surface area contributed by atoms with E-state index < -0.39 is 0 Å². The van der Waals surface area contributed by atoms with Crippen LogP contribution in [0.25, 0.3) is 10.2 Å². The summed E-state index contributed by atoms with van der Waals surface area (Å²) in [5, 5.41) is 1.57. The number of hydrogen-bond acceptors (Lipinski definition) is 2. The minimum Gasteiger partial charge on any atom is -0.245 e. The lowest BCUT2D eigenvalue weighted by molar-refractivity contribution is 1.35. The summed E-state index contributed by atoms with van der Waals surface area (Å²) in [7, 11) is 0. The molecule has 0 unspecified atom stereocenters. The molecule has 0 bridgehead atoms. The molecule has 0 radical (unpaired) electrons. The Morgan fingerprint density at radius 3 is 2.92 bits per heavy atom. The zero-order valence-corrected chi connectivity index (χ0v) is 8.59. The van der Waals surface area contributed by atoms with Crippen LogP contribution in [0.4, 0.5) is 0 Å². The highest BCUT2D eigenvalue weighted by Gasteiger charge is 2.08. The van der Waals surface area contributed by atoms with Crippen LogP contribution in [0.3, 0.4) is 0 Å². The molecular formula is C8H5Cl2NS. The van der Waals surface area contributed by atoms with Gasteiger partial charge in [-0.25, -0.2) is 4.98 Å². The largest absolute Gasteiger partial charge is 0.245 e. The molecule has 0 saturated heterocycles. The van der Waals surface area contributed by atoms with E-state index in [9.17, 15) is 0 Å². The third-order valence-corrected chi connectivity index (χ3v) is 3.51. The first-order valence-corrected chi connectivity index (χ1v) is 4.96. The quantitative estimate of drug-likeness (QED) is 0.653. The van der Waals surface area contributed by atoms with Crippen molar-refractivity contribution in [1.82, 2.24) is 4.98 Å². The topological polar surface area (TPSA) is 12.9 Å². The van der Waals surface area contributed by atoms with E-state index >= 15 is 0 Å². The molecule has 12 heavy (non-hydrogen) atoms. The average Bonchev–Trinajstić information content (AvgIpc) is 2.31. The van der Waals surface area contributed by atoms with Gasteiger partial charge in [-0.15, -0.1) is 11.3 Å². The lowest BCUT2D eigenvalue weighted by Crippen LogP contribution is -1.74. The first kappa shape index (κ1) is 8.30. The summed E-state index contributed by atoms with van der Waals surface area (Å²) < 4.78 is 0.616. The second-order valence-electron chi connectivity index (χ2n) is 2.56. The summed E-state index contributed by atoms with van der Waals surface area (Å²) in [6, 6.07) is 1.99. The van der Waals surface area contributed by atoms with Crippen molar-refractivity contribution < 1.29 is 0 Å². The van der Waals surface area contributed by atoms with E-state index in [-0.39, 0.29) is 0 Å². The molecule has 0 saturated carbocycles. The number of aromatic nitrogens is 1. The van der Waals surface area contributed by atoms with Crippen molar-refractivity contribution in [2.75, 3.05) is 0 Å². The molecule has 62 valence electrons. The molecule has 2 heterocycles. The van der Waals surface area contributed by atoms with Crippen molar-refractivity contribution in [2.45, 2.75) is 6.92 Å².